The van der Waals surface area contributed by atoms with Gasteiger partial charge < -0.3 is 20.1 Å². The molecule has 2 aromatic rings. The van der Waals surface area contributed by atoms with Gasteiger partial charge in [0.2, 0.25) is 10.0 Å². The van der Waals surface area contributed by atoms with Gasteiger partial charge in [0.25, 0.3) is 0 Å². The molecule has 1 saturated heterocycles. The topological polar surface area (TPSA) is 116 Å². The van der Waals surface area contributed by atoms with E-state index in [1.54, 1.807) is 36.8 Å². The number of nitrogens with one attached hydrogen (secondary N) is 3. The maximum Gasteiger partial charge on any atom is 0.240 e. The molecule has 0 saturated carbocycles. The van der Waals surface area contributed by atoms with Crippen molar-refractivity contribution in [2.45, 2.75) is 36.6 Å². The van der Waals surface area contributed by atoms with Gasteiger partial charge in [-0.2, -0.15) is 0 Å². The number of nitrogens with zero attached hydrogens (tertiary/aromatic N) is 1. The second-order valence-electron chi connectivity index (χ2n) is 6.09. The van der Waals surface area contributed by atoms with Crippen LogP contribution in [0, 0.1) is 6.92 Å². The van der Waals surface area contributed by atoms with Crippen molar-refractivity contribution in [2.75, 3.05) is 13.2 Å². The van der Waals surface area contributed by atoms with E-state index < -0.39 is 22.2 Å². The van der Waals surface area contributed by atoms with Crippen LogP contribution in [0.3, 0.4) is 0 Å². The molecule has 4 N–H and O–H groups in total. The zero-order valence-electron chi connectivity index (χ0n) is 13.8. The molecule has 25 heavy (non-hydrogen) atoms. The summed E-state index contributed by atoms with van der Waals surface area (Å²) in [5, 5.41) is 13.5. The summed E-state index contributed by atoms with van der Waals surface area (Å²) in [6.45, 7) is 2.74. The second kappa shape index (κ2) is 7.63. The van der Waals surface area contributed by atoms with Crippen LogP contribution in [0.4, 0.5) is 0 Å². The zero-order valence-corrected chi connectivity index (χ0v) is 14.7. The van der Waals surface area contributed by atoms with E-state index in [1.807, 2.05) is 6.92 Å². The summed E-state index contributed by atoms with van der Waals surface area (Å²) in [6, 6.07) is 6.32. The van der Waals surface area contributed by atoms with Gasteiger partial charge in [-0.1, -0.05) is 17.7 Å². The fourth-order valence-corrected chi connectivity index (χ4v) is 3.70. The van der Waals surface area contributed by atoms with Gasteiger partial charge in [-0.3, -0.25) is 0 Å². The summed E-state index contributed by atoms with van der Waals surface area (Å²) in [4.78, 5) is 7.09. The van der Waals surface area contributed by atoms with Gasteiger partial charge in [0.1, 0.15) is 0 Å². The van der Waals surface area contributed by atoms with E-state index >= 15 is 0 Å². The van der Waals surface area contributed by atoms with E-state index in [9.17, 15) is 13.5 Å². The Labute approximate surface area is 146 Å². The number of sulfonamides is 1. The number of aliphatic hydroxyl groups excluding tert-OH is 1. The van der Waals surface area contributed by atoms with Crippen molar-refractivity contribution in [2.24, 2.45) is 0 Å². The van der Waals surface area contributed by atoms with Gasteiger partial charge in [-0.15, -0.1) is 0 Å². The monoisotopic (exact) mass is 366 g/mol. The molecule has 0 radical (unpaired) electrons. The van der Waals surface area contributed by atoms with E-state index in [1.165, 1.54) is 0 Å². The quantitative estimate of drug-likeness (QED) is 0.544. The van der Waals surface area contributed by atoms with Crippen LogP contribution in [0.15, 0.2) is 41.7 Å². The number of rotatable bonds is 7. The number of aliphatic hydroxyl groups is 1. The summed E-state index contributed by atoms with van der Waals surface area (Å²) in [5.41, 5.74) is 1.88. The van der Waals surface area contributed by atoms with E-state index in [0.717, 1.165) is 11.3 Å². The van der Waals surface area contributed by atoms with Crippen molar-refractivity contribution in [1.29, 1.82) is 0 Å². The molecule has 1 fully saturated rings. The van der Waals surface area contributed by atoms with Gasteiger partial charge in [0.15, 0.2) is 0 Å². The minimum Gasteiger partial charge on any atom is -0.389 e. The Morgan fingerprint density at radius 3 is 2.80 bits per heavy atom. The van der Waals surface area contributed by atoms with Crippen LogP contribution in [0.2, 0.25) is 0 Å². The smallest absolute Gasteiger partial charge is 0.240 e. The number of H-pyrrole nitrogens is 1. The lowest BCUT2D eigenvalue weighted by Crippen LogP contribution is -2.44. The molecule has 1 aromatic carbocycles. The fraction of sp³-hybridized carbons (Fsp3) is 0.438. The normalized spacial score (nSPS) is 23.8. The van der Waals surface area contributed by atoms with Gasteiger partial charge in [-0.25, -0.2) is 18.1 Å². The molecular weight excluding hydrogens is 344 g/mol. The fourth-order valence-electron chi connectivity index (χ4n) is 2.66. The Balaban J connectivity index is 1.52. The maximum absolute atomic E-state index is 12.3. The van der Waals surface area contributed by atoms with Crippen molar-refractivity contribution in [1.82, 2.24) is 20.0 Å². The molecule has 1 aliphatic rings. The summed E-state index contributed by atoms with van der Waals surface area (Å²) in [7, 11) is -3.63. The van der Waals surface area contributed by atoms with Crippen LogP contribution in [0.25, 0.3) is 0 Å². The van der Waals surface area contributed by atoms with Crippen LogP contribution in [-0.4, -0.2) is 54.9 Å². The van der Waals surface area contributed by atoms with Crippen molar-refractivity contribution >= 4 is 10.0 Å². The summed E-state index contributed by atoms with van der Waals surface area (Å²) >= 11 is 0. The maximum atomic E-state index is 12.3. The van der Waals surface area contributed by atoms with Crippen LogP contribution < -0.4 is 10.0 Å². The number of aromatic nitrogens is 2. The van der Waals surface area contributed by atoms with E-state index in [-0.39, 0.29) is 17.5 Å². The molecule has 8 nitrogen and oxygen atoms in total. The SMILES string of the molecule is Cc1ccc(S(=O)(=O)NC[C@H]2OC[C@@H](NCc3cnc[nH]3)[C@@H]2O)cc1. The van der Waals surface area contributed by atoms with E-state index in [4.69, 9.17) is 4.74 Å². The third-order valence-corrected chi connectivity index (χ3v) is 5.64. The highest BCUT2D eigenvalue weighted by atomic mass is 32.2. The Kier molecular flexibility index (Phi) is 5.50. The molecule has 0 amide bonds. The number of hydrogen-bond acceptors (Lipinski definition) is 6. The summed E-state index contributed by atoms with van der Waals surface area (Å²) in [6.07, 6.45) is 1.88. The van der Waals surface area contributed by atoms with Crippen molar-refractivity contribution in [3.63, 3.8) is 0 Å². The second-order valence-corrected chi connectivity index (χ2v) is 7.86. The zero-order chi connectivity index (χ0) is 17.9. The van der Waals surface area contributed by atoms with Crippen LogP contribution in [0.5, 0.6) is 0 Å². The van der Waals surface area contributed by atoms with Crippen molar-refractivity contribution in [3.8, 4) is 0 Å². The molecular formula is C16H22N4O4S. The lowest BCUT2D eigenvalue weighted by molar-refractivity contribution is 0.0443. The summed E-state index contributed by atoms with van der Waals surface area (Å²) < 4.78 is 32.6. The summed E-state index contributed by atoms with van der Waals surface area (Å²) in [5.74, 6) is 0. The molecule has 0 bridgehead atoms. The molecule has 2 heterocycles. The number of imidazole rings is 1. The average Bonchev–Trinajstić information content (AvgIpc) is 3.22. The van der Waals surface area contributed by atoms with Gasteiger partial charge in [-0.05, 0) is 19.1 Å². The van der Waals surface area contributed by atoms with Crippen LogP contribution in [-0.2, 0) is 21.3 Å². The molecule has 0 unspecified atom stereocenters. The highest BCUT2D eigenvalue weighted by Gasteiger charge is 2.36. The highest BCUT2D eigenvalue weighted by molar-refractivity contribution is 7.89. The number of benzene rings is 1. The Morgan fingerprint density at radius 1 is 1.36 bits per heavy atom. The number of hydrogen-bond donors (Lipinski definition) is 4. The molecule has 3 atom stereocenters. The van der Waals surface area contributed by atoms with E-state index in [0.29, 0.717) is 13.2 Å². The first kappa shape index (κ1) is 18.0. The molecule has 0 aliphatic carbocycles. The standard InChI is InChI=1S/C16H22N4O4S/c1-11-2-4-13(5-3-11)25(22,23)20-8-15-16(21)14(9-24-15)18-7-12-6-17-10-19-12/h2-6,10,14-16,18,20-21H,7-9H2,1H3,(H,17,19)/t14-,15-,16+/m1/s1. The number of aromatic amines is 1. The minimum absolute atomic E-state index is 0.0135. The lowest BCUT2D eigenvalue weighted by Gasteiger charge is -2.18. The Morgan fingerprint density at radius 2 is 2.12 bits per heavy atom. The van der Waals surface area contributed by atoms with Crippen molar-refractivity contribution in [3.05, 3.63) is 48.0 Å². The average molecular weight is 366 g/mol. The van der Waals surface area contributed by atoms with Gasteiger partial charge in [0.05, 0.1) is 36.1 Å². The largest absolute Gasteiger partial charge is 0.389 e. The number of aryl methyl sites for hydroxylation is 1. The van der Waals surface area contributed by atoms with Gasteiger partial charge >= 0.3 is 0 Å². The van der Waals surface area contributed by atoms with Crippen LogP contribution >= 0.6 is 0 Å². The number of ether oxygens (including phenoxy) is 1. The molecule has 9 heteroatoms. The molecule has 3 rings (SSSR count). The molecule has 0 spiro atoms. The Bertz CT molecular complexity index is 777. The predicted molar refractivity (Wildman–Crippen MR) is 91.3 cm³/mol. The van der Waals surface area contributed by atoms with Crippen LogP contribution in [0.1, 0.15) is 11.3 Å². The Hall–Kier alpha value is -1.78. The highest BCUT2D eigenvalue weighted by Crippen LogP contribution is 2.16. The molecule has 136 valence electrons. The third-order valence-electron chi connectivity index (χ3n) is 4.20. The first-order valence-electron chi connectivity index (χ1n) is 8.02. The predicted octanol–water partition coefficient (Wildman–Crippen LogP) is -0.0855. The van der Waals surface area contributed by atoms with Gasteiger partial charge in [0, 0.05) is 25.0 Å². The van der Waals surface area contributed by atoms with E-state index in [2.05, 4.69) is 20.0 Å². The minimum atomic E-state index is -3.63. The lowest BCUT2D eigenvalue weighted by atomic mass is 10.1. The molecule has 1 aliphatic heterocycles. The third kappa shape index (κ3) is 4.44. The van der Waals surface area contributed by atoms with Crippen molar-refractivity contribution < 1.29 is 18.3 Å². The molecule has 1 aromatic heterocycles. The first-order chi connectivity index (χ1) is 12.0. The first-order valence-corrected chi connectivity index (χ1v) is 9.50.